The van der Waals surface area contributed by atoms with Gasteiger partial charge in [0.25, 0.3) is 0 Å². The number of aryl methyl sites for hydroxylation is 2. The van der Waals surface area contributed by atoms with Crippen LogP contribution in [-0.2, 0) is 0 Å². The number of methoxy groups -OCH3 is 1. The van der Waals surface area contributed by atoms with Gasteiger partial charge in [0.1, 0.15) is 11.6 Å². The van der Waals surface area contributed by atoms with Crippen molar-refractivity contribution in [1.29, 1.82) is 0 Å². The first-order chi connectivity index (χ1) is 9.55. The topological polar surface area (TPSA) is 47.3 Å². The SMILES string of the molecule is COc1ccc(C(NN)c2cc(C)cc(F)c2)cc1C. The first-order valence-corrected chi connectivity index (χ1v) is 6.43. The maximum absolute atomic E-state index is 13.5. The predicted octanol–water partition coefficient (Wildman–Crippen LogP) is 3.00. The summed E-state index contributed by atoms with van der Waals surface area (Å²) in [6.45, 7) is 3.83. The standard InChI is InChI=1S/C16H19FN2O/c1-10-6-13(9-14(17)7-10)16(19-18)12-4-5-15(20-3)11(2)8-12/h4-9,16,19H,18H2,1-3H3. The lowest BCUT2D eigenvalue weighted by molar-refractivity contribution is 0.411. The van der Waals surface area contributed by atoms with Gasteiger partial charge >= 0.3 is 0 Å². The molecule has 0 fully saturated rings. The van der Waals surface area contributed by atoms with Crippen molar-refractivity contribution in [2.45, 2.75) is 19.9 Å². The average Bonchev–Trinajstić information content (AvgIpc) is 2.38. The van der Waals surface area contributed by atoms with Crippen LogP contribution in [0.1, 0.15) is 28.3 Å². The summed E-state index contributed by atoms with van der Waals surface area (Å²) < 4.78 is 18.8. The molecule has 0 aliphatic rings. The second-order valence-electron chi connectivity index (χ2n) is 4.89. The van der Waals surface area contributed by atoms with E-state index in [1.165, 1.54) is 12.1 Å². The van der Waals surface area contributed by atoms with E-state index < -0.39 is 0 Å². The van der Waals surface area contributed by atoms with Gasteiger partial charge in [-0.25, -0.2) is 9.82 Å². The van der Waals surface area contributed by atoms with Gasteiger partial charge in [-0.2, -0.15) is 0 Å². The molecule has 106 valence electrons. The normalized spacial score (nSPS) is 12.2. The van der Waals surface area contributed by atoms with Gasteiger partial charge < -0.3 is 4.74 Å². The second-order valence-corrected chi connectivity index (χ2v) is 4.89. The monoisotopic (exact) mass is 274 g/mol. The smallest absolute Gasteiger partial charge is 0.123 e. The molecule has 0 aromatic heterocycles. The number of nitrogens with one attached hydrogen (secondary N) is 1. The maximum Gasteiger partial charge on any atom is 0.123 e. The quantitative estimate of drug-likeness (QED) is 0.665. The summed E-state index contributed by atoms with van der Waals surface area (Å²) in [7, 11) is 1.64. The lowest BCUT2D eigenvalue weighted by Crippen LogP contribution is -2.29. The van der Waals surface area contributed by atoms with Gasteiger partial charge in [0.05, 0.1) is 13.2 Å². The third-order valence-electron chi connectivity index (χ3n) is 3.32. The molecule has 2 aromatic rings. The average molecular weight is 274 g/mol. The molecule has 0 spiro atoms. The Morgan fingerprint density at radius 2 is 1.85 bits per heavy atom. The lowest BCUT2D eigenvalue weighted by atomic mass is 9.96. The van der Waals surface area contributed by atoms with Gasteiger partial charge in [-0.05, 0) is 54.3 Å². The van der Waals surface area contributed by atoms with Crippen LogP contribution in [0, 0.1) is 19.7 Å². The number of nitrogens with two attached hydrogens (primary N) is 1. The van der Waals surface area contributed by atoms with Crippen molar-refractivity contribution in [3.8, 4) is 5.75 Å². The molecule has 0 aliphatic carbocycles. The molecule has 20 heavy (non-hydrogen) atoms. The van der Waals surface area contributed by atoms with Crippen molar-refractivity contribution >= 4 is 0 Å². The van der Waals surface area contributed by atoms with Crippen molar-refractivity contribution in [2.24, 2.45) is 5.84 Å². The van der Waals surface area contributed by atoms with E-state index in [1.54, 1.807) is 7.11 Å². The molecule has 2 aromatic carbocycles. The molecule has 0 radical (unpaired) electrons. The molecule has 0 saturated carbocycles. The molecule has 0 saturated heterocycles. The zero-order valence-corrected chi connectivity index (χ0v) is 11.9. The van der Waals surface area contributed by atoms with E-state index in [2.05, 4.69) is 5.43 Å². The van der Waals surface area contributed by atoms with E-state index in [0.717, 1.165) is 28.0 Å². The predicted molar refractivity (Wildman–Crippen MR) is 78.0 cm³/mol. The highest BCUT2D eigenvalue weighted by Gasteiger charge is 2.15. The molecule has 4 heteroatoms. The lowest BCUT2D eigenvalue weighted by Gasteiger charge is -2.19. The minimum absolute atomic E-state index is 0.256. The van der Waals surface area contributed by atoms with Crippen LogP contribution in [-0.4, -0.2) is 7.11 Å². The van der Waals surface area contributed by atoms with Crippen LogP contribution in [0.5, 0.6) is 5.75 Å². The summed E-state index contributed by atoms with van der Waals surface area (Å²) in [6, 6.07) is 10.5. The van der Waals surface area contributed by atoms with Crippen molar-refractivity contribution in [3.05, 3.63) is 64.5 Å². The van der Waals surface area contributed by atoms with E-state index >= 15 is 0 Å². The minimum atomic E-state index is -0.259. The van der Waals surface area contributed by atoms with E-state index in [1.807, 2.05) is 38.1 Å². The van der Waals surface area contributed by atoms with Gasteiger partial charge in [-0.3, -0.25) is 5.84 Å². The molecule has 0 amide bonds. The fourth-order valence-corrected chi connectivity index (χ4v) is 2.40. The Morgan fingerprint density at radius 3 is 2.40 bits per heavy atom. The number of ether oxygens (including phenoxy) is 1. The molecule has 3 N–H and O–H groups in total. The van der Waals surface area contributed by atoms with Gasteiger partial charge in [0.15, 0.2) is 0 Å². The highest BCUT2D eigenvalue weighted by Crippen LogP contribution is 2.27. The van der Waals surface area contributed by atoms with E-state index in [0.29, 0.717) is 0 Å². The van der Waals surface area contributed by atoms with Crippen LogP contribution < -0.4 is 16.0 Å². The highest BCUT2D eigenvalue weighted by molar-refractivity contribution is 5.41. The largest absolute Gasteiger partial charge is 0.496 e. The number of rotatable bonds is 4. The fourth-order valence-electron chi connectivity index (χ4n) is 2.40. The van der Waals surface area contributed by atoms with Crippen molar-refractivity contribution < 1.29 is 9.13 Å². The molecule has 0 aliphatic heterocycles. The van der Waals surface area contributed by atoms with Crippen LogP contribution in [0.4, 0.5) is 4.39 Å². The van der Waals surface area contributed by atoms with Gasteiger partial charge in [0, 0.05) is 0 Å². The van der Waals surface area contributed by atoms with E-state index in [4.69, 9.17) is 10.6 Å². The summed E-state index contributed by atoms with van der Waals surface area (Å²) in [6.07, 6.45) is 0. The van der Waals surface area contributed by atoms with Crippen LogP contribution >= 0.6 is 0 Å². The zero-order chi connectivity index (χ0) is 14.7. The molecule has 1 unspecified atom stereocenters. The van der Waals surface area contributed by atoms with Gasteiger partial charge in [-0.15, -0.1) is 0 Å². The Kier molecular flexibility index (Phi) is 4.37. The highest BCUT2D eigenvalue weighted by atomic mass is 19.1. The maximum atomic E-state index is 13.5. The Labute approximate surface area is 118 Å². The van der Waals surface area contributed by atoms with Crippen LogP contribution in [0.3, 0.4) is 0 Å². The second kappa shape index (κ2) is 6.03. The molecule has 1 atom stereocenters. The number of hydrogen-bond acceptors (Lipinski definition) is 3. The van der Waals surface area contributed by atoms with Crippen LogP contribution in [0.25, 0.3) is 0 Å². The molecule has 0 bridgehead atoms. The summed E-state index contributed by atoms with van der Waals surface area (Å²) >= 11 is 0. The fraction of sp³-hybridized carbons (Fsp3) is 0.250. The number of hydrazine groups is 1. The summed E-state index contributed by atoms with van der Waals surface area (Å²) in [4.78, 5) is 0. The number of halogens is 1. The van der Waals surface area contributed by atoms with Crippen molar-refractivity contribution in [3.63, 3.8) is 0 Å². The summed E-state index contributed by atoms with van der Waals surface area (Å²) in [5.74, 6) is 6.21. The Hall–Kier alpha value is -1.91. The Morgan fingerprint density at radius 1 is 1.10 bits per heavy atom. The molecular formula is C16H19FN2O. The molecule has 0 heterocycles. The van der Waals surface area contributed by atoms with Gasteiger partial charge in [-0.1, -0.05) is 18.2 Å². The van der Waals surface area contributed by atoms with Crippen LogP contribution in [0.2, 0.25) is 0 Å². The summed E-state index contributed by atoms with van der Waals surface area (Å²) in [5.41, 5.74) is 6.39. The third kappa shape index (κ3) is 2.98. The third-order valence-corrected chi connectivity index (χ3v) is 3.32. The Bertz CT molecular complexity index is 593. The number of benzene rings is 2. The van der Waals surface area contributed by atoms with Crippen molar-refractivity contribution in [2.75, 3.05) is 7.11 Å². The molecule has 3 nitrogen and oxygen atoms in total. The zero-order valence-electron chi connectivity index (χ0n) is 11.9. The van der Waals surface area contributed by atoms with E-state index in [-0.39, 0.29) is 11.9 Å². The van der Waals surface area contributed by atoms with Gasteiger partial charge in [0.2, 0.25) is 0 Å². The summed E-state index contributed by atoms with van der Waals surface area (Å²) in [5, 5.41) is 0. The first kappa shape index (κ1) is 14.5. The van der Waals surface area contributed by atoms with E-state index in [9.17, 15) is 4.39 Å². The minimum Gasteiger partial charge on any atom is -0.496 e. The molecule has 2 rings (SSSR count). The van der Waals surface area contributed by atoms with Crippen LogP contribution in [0.15, 0.2) is 36.4 Å². The molecular weight excluding hydrogens is 255 g/mol. The number of hydrogen-bond donors (Lipinski definition) is 2. The van der Waals surface area contributed by atoms with Crippen molar-refractivity contribution in [1.82, 2.24) is 5.43 Å². The first-order valence-electron chi connectivity index (χ1n) is 6.43. The Balaban J connectivity index is 2.44.